The molecule has 2 atom stereocenters. The number of rotatable bonds is 6. The Kier molecular flexibility index (Phi) is 13.4. The summed E-state index contributed by atoms with van der Waals surface area (Å²) >= 11 is 0. The molecular weight excluding hydrogens is 328 g/mol. The van der Waals surface area contributed by atoms with Crippen LogP contribution in [0.15, 0.2) is 60.7 Å². The zero-order valence-electron chi connectivity index (χ0n) is 17.9. The van der Waals surface area contributed by atoms with Crippen molar-refractivity contribution < 1.29 is 0 Å². The molecule has 1 saturated carbocycles. The van der Waals surface area contributed by atoms with E-state index < -0.39 is 0 Å². The standard InChI is InChI=1S/C14H21N.C9H13N.C2H6/c1-12-7-5-6-10-14(12)15-11-13-8-3-2-4-9-13;1-2-10-8-9-6-4-3-5-7-9;1-2/h2-4,8-9,12,14-15H,5-7,10-11H2,1H3;3-7,10H,2,8H2,1H3;1-2H3. The smallest absolute Gasteiger partial charge is 0.0208 e. The van der Waals surface area contributed by atoms with Crippen molar-refractivity contribution in [3.05, 3.63) is 71.8 Å². The zero-order valence-corrected chi connectivity index (χ0v) is 17.9. The van der Waals surface area contributed by atoms with Crippen LogP contribution in [-0.2, 0) is 13.1 Å². The third-order valence-corrected chi connectivity index (χ3v) is 4.94. The highest BCUT2D eigenvalue weighted by atomic mass is 14.9. The summed E-state index contributed by atoms with van der Waals surface area (Å²) in [6, 6.07) is 21.8. The molecule has 2 unspecified atom stereocenters. The molecule has 0 radical (unpaired) electrons. The Morgan fingerprint density at radius 1 is 0.778 bits per heavy atom. The van der Waals surface area contributed by atoms with Crippen LogP contribution in [-0.4, -0.2) is 12.6 Å². The molecular formula is C25H40N2. The summed E-state index contributed by atoms with van der Waals surface area (Å²) in [5, 5.41) is 6.95. The molecule has 0 aromatic heterocycles. The molecule has 0 aliphatic heterocycles. The summed E-state index contributed by atoms with van der Waals surface area (Å²) in [6.45, 7) is 11.5. The van der Waals surface area contributed by atoms with E-state index in [0.29, 0.717) is 0 Å². The van der Waals surface area contributed by atoms with Crippen molar-refractivity contribution in [2.45, 2.75) is 72.5 Å². The Balaban J connectivity index is 0.000000265. The lowest BCUT2D eigenvalue weighted by Gasteiger charge is -2.29. The van der Waals surface area contributed by atoms with Gasteiger partial charge in [-0.15, -0.1) is 0 Å². The maximum atomic E-state index is 3.69. The first-order valence-electron chi connectivity index (χ1n) is 10.8. The molecule has 2 nitrogen and oxygen atoms in total. The number of nitrogens with one attached hydrogen (secondary N) is 2. The number of hydrogen-bond donors (Lipinski definition) is 2. The van der Waals surface area contributed by atoms with Gasteiger partial charge in [-0.05, 0) is 36.4 Å². The minimum absolute atomic E-state index is 0.735. The fourth-order valence-electron chi connectivity index (χ4n) is 3.33. The maximum absolute atomic E-state index is 3.69. The van der Waals surface area contributed by atoms with E-state index in [1.54, 1.807) is 0 Å². The van der Waals surface area contributed by atoms with Gasteiger partial charge in [-0.25, -0.2) is 0 Å². The molecule has 1 aliphatic rings. The van der Waals surface area contributed by atoms with Gasteiger partial charge in [0.15, 0.2) is 0 Å². The Labute approximate surface area is 167 Å². The molecule has 2 aromatic carbocycles. The summed E-state index contributed by atoms with van der Waals surface area (Å²) in [7, 11) is 0. The molecule has 3 rings (SSSR count). The van der Waals surface area contributed by atoms with Crippen LogP contribution in [0.25, 0.3) is 0 Å². The van der Waals surface area contributed by atoms with Crippen molar-refractivity contribution >= 4 is 0 Å². The summed E-state index contributed by atoms with van der Waals surface area (Å²) in [4.78, 5) is 0. The van der Waals surface area contributed by atoms with E-state index in [1.165, 1.54) is 36.8 Å². The molecule has 2 heteroatoms. The van der Waals surface area contributed by atoms with E-state index in [1.807, 2.05) is 19.9 Å². The fraction of sp³-hybridized carbons (Fsp3) is 0.520. The van der Waals surface area contributed by atoms with E-state index >= 15 is 0 Å². The predicted octanol–water partition coefficient (Wildman–Crippen LogP) is 6.18. The third kappa shape index (κ3) is 10.3. The van der Waals surface area contributed by atoms with Crippen LogP contribution in [0.4, 0.5) is 0 Å². The van der Waals surface area contributed by atoms with Crippen molar-refractivity contribution in [2.24, 2.45) is 5.92 Å². The molecule has 2 N–H and O–H groups in total. The third-order valence-electron chi connectivity index (χ3n) is 4.94. The minimum atomic E-state index is 0.735. The molecule has 27 heavy (non-hydrogen) atoms. The number of benzene rings is 2. The van der Waals surface area contributed by atoms with Crippen molar-refractivity contribution in [1.29, 1.82) is 0 Å². The van der Waals surface area contributed by atoms with Crippen molar-refractivity contribution in [2.75, 3.05) is 6.54 Å². The summed E-state index contributed by atoms with van der Waals surface area (Å²) < 4.78 is 0. The van der Waals surface area contributed by atoms with Gasteiger partial charge in [0.25, 0.3) is 0 Å². The van der Waals surface area contributed by atoms with Gasteiger partial charge in [-0.1, -0.05) is 101 Å². The van der Waals surface area contributed by atoms with Crippen LogP contribution in [0.1, 0.15) is 64.5 Å². The molecule has 0 heterocycles. The summed E-state index contributed by atoms with van der Waals surface area (Å²) in [5.41, 5.74) is 2.75. The molecule has 1 fully saturated rings. The van der Waals surface area contributed by atoms with Gasteiger partial charge in [0.2, 0.25) is 0 Å². The van der Waals surface area contributed by atoms with Gasteiger partial charge in [0.1, 0.15) is 0 Å². The molecule has 2 aromatic rings. The first kappa shape index (κ1) is 23.4. The molecule has 0 spiro atoms. The van der Waals surface area contributed by atoms with Crippen LogP contribution < -0.4 is 10.6 Å². The highest BCUT2D eigenvalue weighted by Crippen LogP contribution is 2.23. The Morgan fingerprint density at radius 2 is 1.30 bits per heavy atom. The van der Waals surface area contributed by atoms with E-state index in [9.17, 15) is 0 Å². The number of hydrogen-bond acceptors (Lipinski definition) is 2. The van der Waals surface area contributed by atoms with Crippen LogP contribution in [0.2, 0.25) is 0 Å². The Bertz CT molecular complexity index is 553. The van der Waals surface area contributed by atoms with Gasteiger partial charge >= 0.3 is 0 Å². The molecule has 1 aliphatic carbocycles. The van der Waals surface area contributed by atoms with Gasteiger partial charge < -0.3 is 10.6 Å². The first-order valence-corrected chi connectivity index (χ1v) is 10.8. The average molecular weight is 369 g/mol. The maximum Gasteiger partial charge on any atom is 0.0208 e. The second kappa shape index (κ2) is 15.4. The largest absolute Gasteiger partial charge is 0.313 e. The van der Waals surface area contributed by atoms with Crippen LogP contribution in [0.5, 0.6) is 0 Å². The lowest BCUT2D eigenvalue weighted by atomic mass is 9.86. The first-order chi connectivity index (χ1) is 13.3. The van der Waals surface area contributed by atoms with Crippen LogP contribution >= 0.6 is 0 Å². The lowest BCUT2D eigenvalue weighted by Crippen LogP contribution is -2.36. The average Bonchev–Trinajstić information content (AvgIpc) is 2.75. The normalized spacial score (nSPS) is 18.5. The lowest BCUT2D eigenvalue weighted by molar-refractivity contribution is 0.279. The fourth-order valence-corrected chi connectivity index (χ4v) is 3.33. The highest BCUT2D eigenvalue weighted by molar-refractivity contribution is 5.15. The van der Waals surface area contributed by atoms with Gasteiger partial charge in [-0.2, -0.15) is 0 Å². The van der Waals surface area contributed by atoms with E-state index in [2.05, 4.69) is 79.1 Å². The van der Waals surface area contributed by atoms with Gasteiger partial charge in [0.05, 0.1) is 0 Å². The minimum Gasteiger partial charge on any atom is -0.313 e. The quantitative estimate of drug-likeness (QED) is 0.636. The van der Waals surface area contributed by atoms with Gasteiger partial charge in [0, 0.05) is 19.1 Å². The molecule has 0 amide bonds. The summed E-state index contributed by atoms with van der Waals surface area (Å²) in [6.07, 6.45) is 5.57. The predicted molar refractivity (Wildman–Crippen MR) is 120 cm³/mol. The molecule has 0 saturated heterocycles. The van der Waals surface area contributed by atoms with Gasteiger partial charge in [-0.3, -0.25) is 0 Å². The van der Waals surface area contributed by atoms with E-state index in [-0.39, 0.29) is 0 Å². The van der Waals surface area contributed by atoms with E-state index in [0.717, 1.165) is 31.6 Å². The zero-order chi connectivity index (χ0) is 19.7. The second-order valence-corrected chi connectivity index (χ2v) is 7.00. The monoisotopic (exact) mass is 368 g/mol. The van der Waals surface area contributed by atoms with Crippen molar-refractivity contribution in [1.82, 2.24) is 10.6 Å². The Hall–Kier alpha value is -1.64. The van der Waals surface area contributed by atoms with E-state index in [4.69, 9.17) is 0 Å². The molecule has 150 valence electrons. The van der Waals surface area contributed by atoms with Crippen molar-refractivity contribution in [3.8, 4) is 0 Å². The van der Waals surface area contributed by atoms with Crippen LogP contribution in [0, 0.1) is 5.92 Å². The van der Waals surface area contributed by atoms with Crippen LogP contribution in [0.3, 0.4) is 0 Å². The summed E-state index contributed by atoms with van der Waals surface area (Å²) in [5.74, 6) is 0.850. The van der Waals surface area contributed by atoms with Crippen molar-refractivity contribution in [3.63, 3.8) is 0 Å². The highest BCUT2D eigenvalue weighted by Gasteiger charge is 2.20. The molecule has 0 bridgehead atoms. The Morgan fingerprint density at radius 3 is 1.81 bits per heavy atom. The SMILES string of the molecule is CC.CC1CCCCC1NCc1ccccc1.CCNCc1ccccc1. The second-order valence-electron chi connectivity index (χ2n) is 7.00. The topological polar surface area (TPSA) is 24.1 Å².